The van der Waals surface area contributed by atoms with E-state index in [1.807, 2.05) is 0 Å². The van der Waals surface area contributed by atoms with Crippen molar-refractivity contribution >= 4 is 28.3 Å². The molecule has 0 radical (unpaired) electrons. The minimum absolute atomic E-state index is 0.0537. The van der Waals surface area contributed by atoms with Gasteiger partial charge in [0.15, 0.2) is 5.82 Å². The molecule has 1 amide bonds. The Hall–Kier alpha value is -2.62. The molecular weight excluding hydrogens is 308 g/mol. The van der Waals surface area contributed by atoms with Crippen LogP contribution in [0.3, 0.4) is 0 Å². The van der Waals surface area contributed by atoms with E-state index in [1.165, 1.54) is 12.1 Å². The molecule has 3 rings (SSSR count). The summed E-state index contributed by atoms with van der Waals surface area (Å²) in [6.45, 7) is 0.632. The second kappa shape index (κ2) is 6.02. The Bertz CT molecular complexity index is 710. The fraction of sp³-hybridized carbons (Fsp3) is 0.333. The van der Waals surface area contributed by atoms with E-state index in [9.17, 15) is 14.9 Å². The van der Waals surface area contributed by atoms with Crippen LogP contribution in [0.5, 0.6) is 0 Å². The maximum atomic E-state index is 12.3. The third-order valence-electron chi connectivity index (χ3n) is 3.38. The molecule has 22 heavy (non-hydrogen) atoms. The van der Waals surface area contributed by atoms with E-state index in [0.717, 1.165) is 24.2 Å². The summed E-state index contributed by atoms with van der Waals surface area (Å²) in [5.41, 5.74) is 0. The van der Waals surface area contributed by atoms with Crippen molar-refractivity contribution in [2.75, 3.05) is 6.54 Å². The number of nitrogens with one attached hydrogen (secondary N) is 1. The summed E-state index contributed by atoms with van der Waals surface area (Å²) in [4.78, 5) is 24.8. The summed E-state index contributed by atoms with van der Waals surface area (Å²) in [6.07, 6.45) is 4.69. The number of nitrogens with zero attached hydrogens (tertiary/aromatic N) is 5. The van der Waals surface area contributed by atoms with Gasteiger partial charge in [0.05, 0.1) is 11.0 Å². The Kier molecular flexibility index (Phi) is 3.92. The summed E-state index contributed by atoms with van der Waals surface area (Å²) in [5.74, 6) is 0.342. The normalized spacial score (nSPS) is 18.2. The highest BCUT2D eigenvalue weighted by Crippen LogP contribution is 2.30. The molecule has 9 nitrogen and oxygen atoms in total. The van der Waals surface area contributed by atoms with Gasteiger partial charge >= 0.3 is 5.00 Å². The summed E-state index contributed by atoms with van der Waals surface area (Å²) in [5, 5.41) is 24.5. The van der Waals surface area contributed by atoms with E-state index >= 15 is 0 Å². The van der Waals surface area contributed by atoms with Gasteiger partial charge in [0.2, 0.25) is 5.91 Å². The maximum absolute atomic E-state index is 12.3. The van der Waals surface area contributed by atoms with E-state index < -0.39 is 4.92 Å². The summed E-state index contributed by atoms with van der Waals surface area (Å²) >= 11 is 1.03. The zero-order chi connectivity index (χ0) is 15.5. The van der Waals surface area contributed by atoms with Crippen LogP contribution in [0.15, 0.2) is 18.2 Å². The molecular formula is C12H12N6O3S. The van der Waals surface area contributed by atoms with E-state index in [4.69, 9.17) is 0 Å². The second-order valence-electron chi connectivity index (χ2n) is 4.73. The Morgan fingerprint density at radius 1 is 1.55 bits per heavy atom. The van der Waals surface area contributed by atoms with E-state index in [0.29, 0.717) is 17.2 Å². The van der Waals surface area contributed by atoms with Crippen LogP contribution < -0.4 is 0 Å². The second-order valence-corrected chi connectivity index (χ2v) is 5.82. The summed E-state index contributed by atoms with van der Waals surface area (Å²) in [7, 11) is 0. The van der Waals surface area contributed by atoms with Crippen molar-refractivity contribution in [3.05, 3.63) is 39.0 Å². The third-order valence-corrected chi connectivity index (χ3v) is 4.38. The van der Waals surface area contributed by atoms with Gasteiger partial charge < -0.3 is 4.90 Å². The van der Waals surface area contributed by atoms with Gasteiger partial charge in [-0.1, -0.05) is 16.6 Å². The lowest BCUT2D eigenvalue weighted by atomic mass is 10.2. The van der Waals surface area contributed by atoms with E-state index in [-0.39, 0.29) is 17.0 Å². The quantitative estimate of drug-likeness (QED) is 0.518. The minimum Gasteiger partial charge on any atom is -0.329 e. The molecule has 0 aliphatic carbocycles. The van der Waals surface area contributed by atoms with Crippen LogP contribution >= 0.6 is 11.3 Å². The molecule has 2 aromatic rings. The van der Waals surface area contributed by atoms with E-state index in [2.05, 4.69) is 20.6 Å². The first-order valence-corrected chi connectivity index (χ1v) is 7.43. The van der Waals surface area contributed by atoms with Gasteiger partial charge in [0.1, 0.15) is 0 Å². The third kappa shape index (κ3) is 2.86. The molecule has 0 spiro atoms. The van der Waals surface area contributed by atoms with Gasteiger partial charge in [-0.05, 0) is 25.0 Å². The van der Waals surface area contributed by atoms with Gasteiger partial charge in [-0.3, -0.25) is 14.9 Å². The van der Waals surface area contributed by atoms with Gasteiger partial charge in [0.25, 0.3) is 0 Å². The molecule has 10 heteroatoms. The minimum atomic E-state index is -0.448. The molecule has 1 unspecified atom stereocenters. The van der Waals surface area contributed by atoms with Gasteiger partial charge in [-0.15, -0.1) is 10.2 Å². The largest absolute Gasteiger partial charge is 0.329 e. The number of amides is 1. The first kappa shape index (κ1) is 14.3. The predicted molar refractivity (Wildman–Crippen MR) is 77.9 cm³/mol. The fourth-order valence-electron chi connectivity index (χ4n) is 2.39. The lowest BCUT2D eigenvalue weighted by Crippen LogP contribution is -2.29. The first-order chi connectivity index (χ1) is 10.6. The number of carbonyl (C=O) groups excluding carboxylic acids is 1. The molecule has 0 saturated carbocycles. The Morgan fingerprint density at radius 2 is 2.41 bits per heavy atom. The molecule has 3 heterocycles. The highest BCUT2D eigenvalue weighted by molar-refractivity contribution is 7.16. The lowest BCUT2D eigenvalue weighted by Gasteiger charge is -2.20. The van der Waals surface area contributed by atoms with Crippen molar-refractivity contribution in [2.45, 2.75) is 18.9 Å². The number of thiophene rings is 1. The topological polar surface area (TPSA) is 118 Å². The van der Waals surface area contributed by atoms with Crippen molar-refractivity contribution < 1.29 is 9.72 Å². The van der Waals surface area contributed by atoms with Crippen molar-refractivity contribution in [1.82, 2.24) is 25.5 Å². The van der Waals surface area contributed by atoms with E-state index in [1.54, 1.807) is 17.0 Å². The molecule has 114 valence electrons. The molecule has 1 fully saturated rings. The average Bonchev–Trinajstić information content (AvgIpc) is 3.23. The van der Waals surface area contributed by atoms with Crippen LogP contribution in [-0.4, -0.2) is 42.9 Å². The Labute approximate surface area is 128 Å². The maximum Gasteiger partial charge on any atom is 0.324 e. The van der Waals surface area contributed by atoms with Gasteiger partial charge in [-0.2, -0.15) is 5.21 Å². The number of tetrazole rings is 1. The standard InChI is InChI=1S/C12H12N6O3S/c19-10(5-3-8-4-6-11(22-8)18(20)21)17-7-1-2-9(17)12-13-15-16-14-12/h3-6,9H,1-2,7H2,(H,13,14,15,16)/b5-3+. The molecule has 0 bridgehead atoms. The monoisotopic (exact) mass is 320 g/mol. The first-order valence-electron chi connectivity index (χ1n) is 6.61. The number of hydrogen-bond donors (Lipinski definition) is 1. The van der Waals surface area contributed by atoms with Crippen LogP contribution in [0.4, 0.5) is 5.00 Å². The lowest BCUT2D eigenvalue weighted by molar-refractivity contribution is -0.380. The number of nitro groups is 1. The van der Waals surface area contributed by atoms with Crippen LogP contribution in [0.25, 0.3) is 6.08 Å². The van der Waals surface area contributed by atoms with Crippen molar-refractivity contribution in [1.29, 1.82) is 0 Å². The number of hydrogen-bond acceptors (Lipinski definition) is 7. The number of carbonyl (C=O) groups is 1. The summed E-state index contributed by atoms with van der Waals surface area (Å²) in [6, 6.07) is 2.87. The van der Waals surface area contributed by atoms with Crippen LogP contribution in [0.1, 0.15) is 29.6 Å². The SMILES string of the molecule is O=C(/C=C/c1ccc([N+](=O)[O-])s1)N1CCCC1c1nn[nH]n1. The fourth-order valence-corrected chi connectivity index (χ4v) is 3.11. The molecule has 1 atom stereocenters. The molecule has 1 saturated heterocycles. The van der Waals surface area contributed by atoms with Gasteiger partial charge in [0, 0.05) is 23.6 Å². The average molecular weight is 320 g/mol. The van der Waals surface area contributed by atoms with Gasteiger partial charge in [-0.25, -0.2) is 0 Å². The molecule has 1 aliphatic rings. The molecule has 1 N–H and O–H groups in total. The highest BCUT2D eigenvalue weighted by atomic mass is 32.1. The number of likely N-dealkylation sites (tertiary alicyclic amines) is 1. The van der Waals surface area contributed by atoms with Crippen molar-refractivity contribution in [3.8, 4) is 0 Å². The Morgan fingerprint density at radius 3 is 3.09 bits per heavy atom. The zero-order valence-electron chi connectivity index (χ0n) is 11.4. The molecule has 2 aromatic heterocycles. The smallest absolute Gasteiger partial charge is 0.324 e. The number of aromatic nitrogens is 4. The zero-order valence-corrected chi connectivity index (χ0v) is 12.2. The van der Waals surface area contributed by atoms with Crippen molar-refractivity contribution in [3.63, 3.8) is 0 Å². The number of aromatic amines is 1. The highest BCUT2D eigenvalue weighted by Gasteiger charge is 2.31. The van der Waals surface area contributed by atoms with Crippen LogP contribution in [0, 0.1) is 10.1 Å². The number of H-pyrrole nitrogens is 1. The number of rotatable bonds is 4. The van der Waals surface area contributed by atoms with Crippen LogP contribution in [0.2, 0.25) is 0 Å². The van der Waals surface area contributed by atoms with Crippen LogP contribution in [-0.2, 0) is 4.79 Å². The molecule has 0 aromatic carbocycles. The summed E-state index contributed by atoms with van der Waals surface area (Å²) < 4.78 is 0. The predicted octanol–water partition coefficient (Wildman–Crippen LogP) is 1.55. The Balaban J connectivity index is 1.70. The van der Waals surface area contributed by atoms with Crippen molar-refractivity contribution in [2.24, 2.45) is 0 Å². The molecule has 1 aliphatic heterocycles.